The Morgan fingerprint density at radius 1 is 1.33 bits per heavy atom. The number of carbonyl (C=O) groups excluding carboxylic acids is 1. The van der Waals surface area contributed by atoms with Gasteiger partial charge in [0.1, 0.15) is 13.2 Å². The van der Waals surface area contributed by atoms with E-state index in [4.69, 9.17) is 14.2 Å². The molecule has 24 heavy (non-hydrogen) atoms. The fourth-order valence-electron chi connectivity index (χ4n) is 3.47. The van der Waals surface area contributed by atoms with Crippen molar-refractivity contribution in [1.29, 1.82) is 0 Å². The van der Waals surface area contributed by atoms with E-state index in [9.17, 15) is 9.90 Å². The van der Waals surface area contributed by atoms with Gasteiger partial charge in [-0.3, -0.25) is 4.79 Å². The number of ether oxygens (including phenoxy) is 3. The number of carbonyl (C=O) groups is 1. The van der Waals surface area contributed by atoms with E-state index in [0.717, 1.165) is 19.3 Å². The molecule has 1 N–H and O–H groups in total. The number of nitrogens with zero attached hydrogens (tertiary/aromatic N) is 1. The maximum Gasteiger partial charge on any atom is 0.254 e. The van der Waals surface area contributed by atoms with Crippen molar-refractivity contribution in [1.82, 2.24) is 4.90 Å². The standard InChI is InChI=1S/C18H25NO5/c1-22-8-6-18(13-20)5-2-7-19(12-18)17(21)14-3-4-15-16(11-14)24-10-9-23-15/h3-4,11,20H,2,5-10,12-13H2,1H3/t18-/m0/s1. The summed E-state index contributed by atoms with van der Waals surface area (Å²) in [5.41, 5.74) is 0.331. The van der Waals surface area contributed by atoms with E-state index in [1.54, 1.807) is 25.3 Å². The first-order valence-electron chi connectivity index (χ1n) is 8.46. The zero-order chi connectivity index (χ0) is 17.0. The topological polar surface area (TPSA) is 68.2 Å². The van der Waals surface area contributed by atoms with Crippen LogP contribution in [0.2, 0.25) is 0 Å². The number of fused-ring (bicyclic) bond motifs is 1. The first kappa shape index (κ1) is 17.0. The van der Waals surface area contributed by atoms with Gasteiger partial charge in [0.05, 0.1) is 6.61 Å². The normalized spacial score (nSPS) is 23.2. The van der Waals surface area contributed by atoms with Crippen molar-refractivity contribution in [2.75, 3.05) is 46.6 Å². The van der Waals surface area contributed by atoms with Gasteiger partial charge in [-0.2, -0.15) is 0 Å². The maximum absolute atomic E-state index is 12.9. The minimum absolute atomic E-state index is 0.0260. The number of methoxy groups -OCH3 is 1. The highest BCUT2D eigenvalue weighted by Gasteiger charge is 2.36. The van der Waals surface area contributed by atoms with Crippen molar-refractivity contribution in [2.24, 2.45) is 5.41 Å². The minimum atomic E-state index is -0.266. The summed E-state index contributed by atoms with van der Waals surface area (Å²) in [6.45, 7) is 2.96. The molecule has 2 aliphatic heterocycles. The molecule has 2 heterocycles. The lowest BCUT2D eigenvalue weighted by Gasteiger charge is -2.42. The molecule has 0 unspecified atom stereocenters. The highest BCUT2D eigenvalue weighted by molar-refractivity contribution is 5.95. The molecule has 0 aromatic heterocycles. The molecule has 0 radical (unpaired) electrons. The average Bonchev–Trinajstić information content (AvgIpc) is 2.65. The second kappa shape index (κ2) is 7.40. The number of piperidine rings is 1. The van der Waals surface area contributed by atoms with Crippen molar-refractivity contribution >= 4 is 5.91 Å². The number of aliphatic hydroxyl groups is 1. The number of rotatable bonds is 5. The summed E-state index contributed by atoms with van der Waals surface area (Å²) < 4.78 is 16.2. The smallest absolute Gasteiger partial charge is 0.254 e. The number of aliphatic hydroxyl groups excluding tert-OH is 1. The van der Waals surface area contributed by atoms with Crippen LogP contribution in [0.5, 0.6) is 11.5 Å². The van der Waals surface area contributed by atoms with Crippen LogP contribution in [-0.4, -0.2) is 62.5 Å². The molecule has 1 saturated heterocycles. The Kier molecular flexibility index (Phi) is 5.26. The van der Waals surface area contributed by atoms with Gasteiger partial charge < -0.3 is 24.2 Å². The van der Waals surface area contributed by atoms with E-state index in [0.29, 0.717) is 50.0 Å². The van der Waals surface area contributed by atoms with Crippen LogP contribution in [0, 0.1) is 5.41 Å². The number of hydrogen-bond acceptors (Lipinski definition) is 5. The van der Waals surface area contributed by atoms with Crippen LogP contribution in [0.25, 0.3) is 0 Å². The Morgan fingerprint density at radius 2 is 2.12 bits per heavy atom. The first-order valence-corrected chi connectivity index (χ1v) is 8.46. The van der Waals surface area contributed by atoms with Crippen molar-refractivity contribution in [3.05, 3.63) is 23.8 Å². The predicted octanol–water partition coefficient (Wildman–Crippen LogP) is 1.71. The molecule has 1 aromatic rings. The van der Waals surface area contributed by atoms with E-state index in [2.05, 4.69) is 0 Å². The van der Waals surface area contributed by atoms with Crippen LogP contribution in [0.4, 0.5) is 0 Å². The molecular formula is C18H25NO5. The molecular weight excluding hydrogens is 310 g/mol. The highest BCUT2D eigenvalue weighted by atomic mass is 16.6. The molecule has 6 nitrogen and oxygen atoms in total. The van der Waals surface area contributed by atoms with Gasteiger partial charge in [0.25, 0.3) is 5.91 Å². The Labute approximate surface area is 142 Å². The molecule has 0 aliphatic carbocycles. The van der Waals surface area contributed by atoms with Gasteiger partial charge in [0, 0.05) is 37.8 Å². The maximum atomic E-state index is 12.9. The van der Waals surface area contributed by atoms with E-state index in [-0.39, 0.29) is 17.9 Å². The quantitative estimate of drug-likeness (QED) is 0.887. The zero-order valence-electron chi connectivity index (χ0n) is 14.1. The molecule has 1 atom stereocenters. The molecule has 0 bridgehead atoms. The number of likely N-dealkylation sites (tertiary alicyclic amines) is 1. The largest absolute Gasteiger partial charge is 0.486 e. The van der Waals surface area contributed by atoms with Crippen molar-refractivity contribution < 1.29 is 24.1 Å². The van der Waals surface area contributed by atoms with Gasteiger partial charge in [0.15, 0.2) is 11.5 Å². The Balaban J connectivity index is 1.74. The first-order chi connectivity index (χ1) is 11.7. The lowest BCUT2D eigenvalue weighted by molar-refractivity contribution is 0.00896. The van der Waals surface area contributed by atoms with Crippen LogP contribution in [-0.2, 0) is 4.74 Å². The van der Waals surface area contributed by atoms with Crippen LogP contribution >= 0.6 is 0 Å². The van der Waals surface area contributed by atoms with Crippen molar-refractivity contribution in [3.63, 3.8) is 0 Å². The molecule has 0 saturated carbocycles. The fraction of sp³-hybridized carbons (Fsp3) is 0.611. The highest BCUT2D eigenvalue weighted by Crippen LogP contribution is 2.35. The summed E-state index contributed by atoms with van der Waals surface area (Å²) in [5, 5.41) is 9.87. The summed E-state index contributed by atoms with van der Waals surface area (Å²) >= 11 is 0. The minimum Gasteiger partial charge on any atom is -0.486 e. The lowest BCUT2D eigenvalue weighted by atomic mass is 9.78. The SMILES string of the molecule is COCC[C@@]1(CO)CCCN(C(=O)c2ccc3c(c2)OCCO3)C1. The number of hydrogen-bond donors (Lipinski definition) is 1. The zero-order valence-corrected chi connectivity index (χ0v) is 14.1. The van der Waals surface area contributed by atoms with Crippen LogP contribution in [0.1, 0.15) is 29.6 Å². The fourth-order valence-corrected chi connectivity index (χ4v) is 3.47. The van der Waals surface area contributed by atoms with E-state index < -0.39 is 0 Å². The summed E-state index contributed by atoms with van der Waals surface area (Å²) in [4.78, 5) is 14.7. The predicted molar refractivity (Wildman–Crippen MR) is 88.6 cm³/mol. The average molecular weight is 335 g/mol. The third-order valence-corrected chi connectivity index (χ3v) is 4.91. The Bertz CT molecular complexity index is 591. The molecule has 6 heteroatoms. The van der Waals surface area contributed by atoms with Crippen molar-refractivity contribution in [2.45, 2.75) is 19.3 Å². The lowest BCUT2D eigenvalue weighted by Crippen LogP contribution is -2.48. The molecule has 1 aromatic carbocycles. The van der Waals surface area contributed by atoms with Gasteiger partial charge in [-0.05, 0) is 37.5 Å². The van der Waals surface area contributed by atoms with Crippen LogP contribution in [0.3, 0.4) is 0 Å². The second-order valence-corrected chi connectivity index (χ2v) is 6.59. The number of benzene rings is 1. The third-order valence-electron chi connectivity index (χ3n) is 4.91. The van der Waals surface area contributed by atoms with Gasteiger partial charge in [-0.25, -0.2) is 0 Å². The molecule has 1 amide bonds. The second-order valence-electron chi connectivity index (χ2n) is 6.59. The summed E-state index contributed by atoms with van der Waals surface area (Å²) in [5.74, 6) is 1.28. The van der Waals surface area contributed by atoms with E-state index >= 15 is 0 Å². The third kappa shape index (κ3) is 3.49. The van der Waals surface area contributed by atoms with Crippen molar-refractivity contribution in [3.8, 4) is 11.5 Å². The van der Waals surface area contributed by atoms with Gasteiger partial charge in [-0.1, -0.05) is 0 Å². The molecule has 132 valence electrons. The Hall–Kier alpha value is -1.79. The Morgan fingerprint density at radius 3 is 2.88 bits per heavy atom. The molecule has 2 aliphatic rings. The summed E-state index contributed by atoms with van der Waals surface area (Å²) in [7, 11) is 1.66. The number of amides is 1. The van der Waals surface area contributed by atoms with Crippen LogP contribution < -0.4 is 9.47 Å². The van der Waals surface area contributed by atoms with Crippen LogP contribution in [0.15, 0.2) is 18.2 Å². The summed E-state index contributed by atoms with van der Waals surface area (Å²) in [6.07, 6.45) is 2.56. The molecule has 0 spiro atoms. The van der Waals surface area contributed by atoms with E-state index in [1.807, 2.05) is 4.90 Å². The van der Waals surface area contributed by atoms with E-state index in [1.165, 1.54) is 0 Å². The summed E-state index contributed by atoms with van der Waals surface area (Å²) in [6, 6.07) is 5.32. The van der Waals surface area contributed by atoms with Gasteiger partial charge >= 0.3 is 0 Å². The van der Waals surface area contributed by atoms with Gasteiger partial charge in [0.2, 0.25) is 0 Å². The molecule has 1 fully saturated rings. The monoisotopic (exact) mass is 335 g/mol. The van der Waals surface area contributed by atoms with Gasteiger partial charge in [-0.15, -0.1) is 0 Å². The molecule has 3 rings (SSSR count).